The van der Waals surface area contributed by atoms with E-state index in [0.717, 1.165) is 17.5 Å². The van der Waals surface area contributed by atoms with Gasteiger partial charge < -0.3 is 10.4 Å². The zero-order valence-electron chi connectivity index (χ0n) is 11.9. The van der Waals surface area contributed by atoms with Crippen LogP contribution in [0.1, 0.15) is 36.6 Å². The molecule has 2 aromatic rings. The molecule has 0 aromatic heterocycles. The highest BCUT2D eigenvalue weighted by Crippen LogP contribution is 2.28. The SMILES string of the molecule is CCC(N[C@H](CO)c1ccccc1)c1ccc(Cl)c(Cl)c1. The van der Waals surface area contributed by atoms with E-state index >= 15 is 0 Å². The van der Waals surface area contributed by atoms with Crippen LogP contribution in [0.15, 0.2) is 48.5 Å². The minimum absolute atomic E-state index is 0.0435. The van der Waals surface area contributed by atoms with E-state index in [1.165, 1.54) is 0 Å². The smallest absolute Gasteiger partial charge is 0.0626 e. The van der Waals surface area contributed by atoms with Gasteiger partial charge in [-0.15, -0.1) is 0 Å². The van der Waals surface area contributed by atoms with Crippen LogP contribution in [0.5, 0.6) is 0 Å². The fraction of sp³-hybridized carbons (Fsp3) is 0.294. The Kier molecular flexibility index (Phi) is 6.07. The zero-order valence-corrected chi connectivity index (χ0v) is 13.4. The minimum atomic E-state index is -0.106. The van der Waals surface area contributed by atoms with E-state index in [2.05, 4.69) is 12.2 Å². The molecule has 2 aromatic carbocycles. The number of hydrogen-bond donors (Lipinski definition) is 2. The Morgan fingerprint density at radius 3 is 2.24 bits per heavy atom. The van der Waals surface area contributed by atoms with Crippen LogP contribution in [0.3, 0.4) is 0 Å². The van der Waals surface area contributed by atoms with Gasteiger partial charge in [0.1, 0.15) is 0 Å². The summed E-state index contributed by atoms with van der Waals surface area (Å²) in [6.07, 6.45) is 0.890. The first-order valence-corrected chi connectivity index (χ1v) is 7.78. The van der Waals surface area contributed by atoms with E-state index < -0.39 is 0 Å². The summed E-state index contributed by atoms with van der Waals surface area (Å²) in [6.45, 7) is 2.14. The van der Waals surface area contributed by atoms with E-state index in [1.807, 2.05) is 42.5 Å². The van der Waals surface area contributed by atoms with Crippen LogP contribution in [0.4, 0.5) is 0 Å². The lowest BCUT2D eigenvalue weighted by Crippen LogP contribution is -2.28. The number of nitrogens with one attached hydrogen (secondary N) is 1. The lowest BCUT2D eigenvalue weighted by molar-refractivity contribution is 0.232. The summed E-state index contributed by atoms with van der Waals surface area (Å²) in [5.74, 6) is 0. The summed E-state index contributed by atoms with van der Waals surface area (Å²) in [4.78, 5) is 0. The fourth-order valence-electron chi connectivity index (χ4n) is 2.36. The van der Waals surface area contributed by atoms with Crippen molar-refractivity contribution in [3.8, 4) is 0 Å². The zero-order chi connectivity index (χ0) is 15.2. The highest BCUT2D eigenvalue weighted by molar-refractivity contribution is 6.42. The second-order valence-electron chi connectivity index (χ2n) is 4.95. The molecular weight excluding hydrogens is 305 g/mol. The molecule has 2 N–H and O–H groups in total. The molecule has 0 amide bonds. The quantitative estimate of drug-likeness (QED) is 0.802. The summed E-state index contributed by atoms with van der Waals surface area (Å²) in [5, 5.41) is 14.2. The van der Waals surface area contributed by atoms with Crippen molar-refractivity contribution in [2.24, 2.45) is 0 Å². The molecule has 0 radical (unpaired) electrons. The average Bonchev–Trinajstić information content (AvgIpc) is 2.52. The van der Waals surface area contributed by atoms with Crippen LogP contribution in [0, 0.1) is 0 Å². The maximum Gasteiger partial charge on any atom is 0.0626 e. The van der Waals surface area contributed by atoms with Gasteiger partial charge in [0.25, 0.3) is 0 Å². The van der Waals surface area contributed by atoms with Gasteiger partial charge in [-0.2, -0.15) is 0 Å². The Morgan fingerprint density at radius 1 is 0.952 bits per heavy atom. The minimum Gasteiger partial charge on any atom is -0.394 e. The van der Waals surface area contributed by atoms with Gasteiger partial charge in [-0.1, -0.05) is 66.5 Å². The fourth-order valence-corrected chi connectivity index (χ4v) is 2.67. The van der Waals surface area contributed by atoms with Gasteiger partial charge in [-0.25, -0.2) is 0 Å². The van der Waals surface area contributed by atoms with Crippen molar-refractivity contribution in [1.82, 2.24) is 5.32 Å². The molecule has 0 saturated carbocycles. The molecule has 0 fully saturated rings. The van der Waals surface area contributed by atoms with E-state index in [-0.39, 0.29) is 18.7 Å². The van der Waals surface area contributed by atoms with Gasteiger partial charge in [-0.05, 0) is 29.7 Å². The first kappa shape index (κ1) is 16.3. The third kappa shape index (κ3) is 4.21. The summed E-state index contributed by atoms with van der Waals surface area (Å²) in [7, 11) is 0. The van der Waals surface area contributed by atoms with Crippen molar-refractivity contribution < 1.29 is 5.11 Å². The number of benzene rings is 2. The van der Waals surface area contributed by atoms with Gasteiger partial charge in [-0.3, -0.25) is 0 Å². The van der Waals surface area contributed by atoms with Gasteiger partial charge in [0.15, 0.2) is 0 Å². The molecule has 0 aliphatic rings. The average molecular weight is 324 g/mol. The molecule has 2 nitrogen and oxygen atoms in total. The van der Waals surface area contributed by atoms with E-state index in [4.69, 9.17) is 23.2 Å². The Bertz CT molecular complexity index is 574. The predicted octanol–water partition coefficient (Wildman–Crippen LogP) is 4.77. The first-order chi connectivity index (χ1) is 10.2. The molecule has 0 saturated heterocycles. The molecule has 2 rings (SSSR count). The predicted molar refractivity (Wildman–Crippen MR) is 88.9 cm³/mol. The van der Waals surface area contributed by atoms with Crippen LogP contribution < -0.4 is 5.32 Å². The number of aliphatic hydroxyl groups excluding tert-OH is 1. The summed E-state index contributed by atoms with van der Waals surface area (Å²) in [5.41, 5.74) is 2.14. The van der Waals surface area contributed by atoms with Gasteiger partial charge in [0.2, 0.25) is 0 Å². The van der Waals surface area contributed by atoms with Crippen LogP contribution in [0.2, 0.25) is 10.0 Å². The number of aliphatic hydroxyl groups is 1. The second-order valence-corrected chi connectivity index (χ2v) is 5.76. The van der Waals surface area contributed by atoms with Crippen molar-refractivity contribution in [3.63, 3.8) is 0 Å². The highest BCUT2D eigenvalue weighted by Gasteiger charge is 2.17. The third-order valence-electron chi connectivity index (χ3n) is 3.54. The topological polar surface area (TPSA) is 32.3 Å². The van der Waals surface area contributed by atoms with Gasteiger partial charge in [0.05, 0.1) is 22.7 Å². The van der Waals surface area contributed by atoms with Crippen molar-refractivity contribution in [2.75, 3.05) is 6.61 Å². The van der Waals surface area contributed by atoms with Gasteiger partial charge >= 0.3 is 0 Å². The lowest BCUT2D eigenvalue weighted by atomic mass is 10.0. The van der Waals surface area contributed by atoms with E-state index in [9.17, 15) is 5.11 Å². The Labute approximate surface area is 135 Å². The summed E-state index contributed by atoms with van der Waals surface area (Å²) in [6, 6.07) is 15.6. The molecule has 2 atom stereocenters. The van der Waals surface area contributed by atoms with Gasteiger partial charge in [0, 0.05) is 6.04 Å². The standard InChI is InChI=1S/C17H19Cl2NO/c1-2-16(13-8-9-14(18)15(19)10-13)20-17(11-21)12-6-4-3-5-7-12/h3-10,16-17,20-21H,2,11H2,1H3/t16?,17-/m1/s1. The molecular formula is C17H19Cl2NO. The van der Waals surface area contributed by atoms with Crippen LogP contribution in [-0.4, -0.2) is 11.7 Å². The molecule has 0 aliphatic carbocycles. The third-order valence-corrected chi connectivity index (χ3v) is 4.28. The molecule has 0 bridgehead atoms. The molecule has 0 aliphatic heterocycles. The Morgan fingerprint density at radius 2 is 1.67 bits per heavy atom. The Hall–Kier alpha value is -1.06. The van der Waals surface area contributed by atoms with Crippen molar-refractivity contribution in [3.05, 3.63) is 69.7 Å². The summed E-state index contributed by atoms with van der Waals surface area (Å²) < 4.78 is 0. The number of halogens is 2. The number of rotatable bonds is 6. The molecule has 4 heteroatoms. The Balaban J connectivity index is 2.19. The maximum atomic E-state index is 9.66. The van der Waals surface area contributed by atoms with E-state index in [0.29, 0.717) is 10.0 Å². The normalized spacial score (nSPS) is 13.9. The lowest BCUT2D eigenvalue weighted by Gasteiger charge is -2.24. The molecule has 21 heavy (non-hydrogen) atoms. The van der Waals surface area contributed by atoms with Crippen LogP contribution in [-0.2, 0) is 0 Å². The molecule has 0 heterocycles. The van der Waals surface area contributed by atoms with Crippen molar-refractivity contribution in [2.45, 2.75) is 25.4 Å². The molecule has 0 spiro atoms. The molecule has 1 unspecified atom stereocenters. The highest BCUT2D eigenvalue weighted by atomic mass is 35.5. The maximum absolute atomic E-state index is 9.66. The molecule has 112 valence electrons. The van der Waals surface area contributed by atoms with E-state index in [1.54, 1.807) is 6.07 Å². The largest absolute Gasteiger partial charge is 0.394 e. The van der Waals surface area contributed by atoms with Crippen molar-refractivity contribution >= 4 is 23.2 Å². The monoisotopic (exact) mass is 323 g/mol. The first-order valence-electron chi connectivity index (χ1n) is 7.02. The number of hydrogen-bond acceptors (Lipinski definition) is 2. The van der Waals surface area contributed by atoms with Crippen LogP contribution in [0.25, 0.3) is 0 Å². The summed E-state index contributed by atoms with van der Waals surface area (Å²) >= 11 is 12.1. The van der Waals surface area contributed by atoms with Crippen LogP contribution >= 0.6 is 23.2 Å². The van der Waals surface area contributed by atoms with Crippen molar-refractivity contribution in [1.29, 1.82) is 0 Å². The second kappa shape index (κ2) is 7.81.